The monoisotopic (exact) mass is 784 g/mol. The van der Waals surface area contributed by atoms with Gasteiger partial charge in [0.2, 0.25) is 0 Å². The summed E-state index contributed by atoms with van der Waals surface area (Å²) < 4.78 is 50.6. The molecular formula is C36H48O19. The van der Waals surface area contributed by atoms with Crippen molar-refractivity contribution in [2.24, 2.45) is 0 Å². The van der Waals surface area contributed by atoms with Gasteiger partial charge in [0.1, 0.15) is 54.9 Å². The molecule has 0 amide bonds. The number of carbonyl (C=O) groups is 1. The molecule has 2 aromatic rings. The molecule has 2 aromatic carbocycles. The highest BCUT2D eigenvalue weighted by molar-refractivity contribution is 5.87. The van der Waals surface area contributed by atoms with Crippen molar-refractivity contribution in [1.29, 1.82) is 0 Å². The van der Waals surface area contributed by atoms with E-state index in [9.17, 15) is 50.8 Å². The zero-order valence-corrected chi connectivity index (χ0v) is 30.1. The van der Waals surface area contributed by atoms with Gasteiger partial charge >= 0.3 is 5.97 Å². The van der Waals surface area contributed by atoms with E-state index in [4.69, 9.17) is 42.6 Å². The summed E-state index contributed by atoms with van der Waals surface area (Å²) in [5.41, 5.74) is 1.08. The van der Waals surface area contributed by atoms with Crippen LogP contribution in [0.4, 0.5) is 0 Å². The number of aliphatic hydroxyl groups excluding tert-OH is 7. The molecule has 0 radical (unpaired) electrons. The number of carbonyl (C=O) groups excluding carboxylic acids is 1. The minimum atomic E-state index is -1.81. The Labute approximate surface area is 315 Å². The lowest BCUT2D eigenvalue weighted by atomic mass is 9.96. The van der Waals surface area contributed by atoms with Gasteiger partial charge in [0.15, 0.2) is 48.0 Å². The molecule has 3 aliphatic heterocycles. The van der Waals surface area contributed by atoms with Gasteiger partial charge in [0.25, 0.3) is 0 Å². The molecule has 0 saturated carbocycles. The third-order valence-electron chi connectivity index (χ3n) is 9.40. The Kier molecular flexibility index (Phi) is 14.7. The molecule has 5 rings (SSSR count). The number of ether oxygens (including phenoxy) is 9. The number of hydrogen-bond acceptors (Lipinski definition) is 19. The first-order valence-electron chi connectivity index (χ1n) is 17.4. The second-order valence-electron chi connectivity index (χ2n) is 13.2. The Morgan fingerprint density at radius 3 is 2.20 bits per heavy atom. The number of methoxy groups -OCH3 is 2. The van der Waals surface area contributed by atoms with E-state index in [2.05, 4.69) is 0 Å². The van der Waals surface area contributed by atoms with Gasteiger partial charge in [-0.05, 0) is 54.8 Å². The van der Waals surface area contributed by atoms with Crippen molar-refractivity contribution >= 4 is 12.0 Å². The lowest BCUT2D eigenvalue weighted by molar-refractivity contribution is -0.381. The molecule has 14 atom stereocenters. The molecule has 3 aliphatic rings. The number of esters is 1. The fraction of sp³-hybridized carbons (Fsp3) is 0.583. The summed E-state index contributed by atoms with van der Waals surface area (Å²) in [7, 11) is 2.76. The zero-order valence-electron chi connectivity index (χ0n) is 30.1. The van der Waals surface area contributed by atoms with Gasteiger partial charge in [-0.2, -0.15) is 0 Å². The first-order valence-corrected chi connectivity index (χ1v) is 17.4. The normalized spacial score (nSPS) is 35.4. The summed E-state index contributed by atoms with van der Waals surface area (Å²) >= 11 is 0. The van der Waals surface area contributed by atoms with Crippen molar-refractivity contribution < 1.29 is 93.4 Å². The van der Waals surface area contributed by atoms with Crippen LogP contribution in [0, 0.1) is 0 Å². The van der Waals surface area contributed by atoms with Crippen LogP contribution in [0.2, 0.25) is 0 Å². The maximum Gasteiger partial charge on any atom is 0.331 e. The topological polar surface area (TPSA) is 282 Å². The molecule has 55 heavy (non-hydrogen) atoms. The van der Waals surface area contributed by atoms with Crippen molar-refractivity contribution in [2.75, 3.05) is 34.0 Å². The summed E-state index contributed by atoms with van der Waals surface area (Å²) in [6.07, 6.45) is -19.7. The highest BCUT2D eigenvalue weighted by Crippen LogP contribution is 2.34. The summed E-state index contributed by atoms with van der Waals surface area (Å²) in [4.78, 5) is 13.2. The third-order valence-corrected chi connectivity index (χ3v) is 9.40. The van der Waals surface area contributed by atoms with E-state index in [0.717, 1.165) is 6.08 Å². The highest BCUT2D eigenvalue weighted by Gasteiger charge is 2.54. The fourth-order valence-corrected chi connectivity index (χ4v) is 6.26. The summed E-state index contributed by atoms with van der Waals surface area (Å²) in [6.45, 7) is 0.0972. The summed E-state index contributed by atoms with van der Waals surface area (Å²) in [5.74, 6) is -0.805. The molecule has 306 valence electrons. The number of phenols is 2. The molecule has 3 fully saturated rings. The van der Waals surface area contributed by atoms with Crippen LogP contribution in [0.25, 0.3) is 6.08 Å². The Morgan fingerprint density at radius 2 is 1.51 bits per heavy atom. The Balaban J connectivity index is 1.40. The van der Waals surface area contributed by atoms with Crippen LogP contribution >= 0.6 is 0 Å². The van der Waals surface area contributed by atoms with Crippen LogP contribution in [0.3, 0.4) is 0 Å². The van der Waals surface area contributed by atoms with E-state index in [1.54, 1.807) is 12.1 Å². The Morgan fingerprint density at radius 1 is 0.782 bits per heavy atom. The van der Waals surface area contributed by atoms with E-state index >= 15 is 0 Å². The van der Waals surface area contributed by atoms with E-state index in [-0.39, 0.29) is 36.0 Å². The number of benzene rings is 2. The van der Waals surface area contributed by atoms with Crippen molar-refractivity contribution in [1.82, 2.24) is 0 Å². The van der Waals surface area contributed by atoms with Crippen LogP contribution in [0.5, 0.6) is 23.0 Å². The Hall–Kier alpha value is -3.67. The largest absolute Gasteiger partial charge is 0.504 e. The molecule has 0 aliphatic carbocycles. The van der Waals surface area contributed by atoms with Gasteiger partial charge in [-0.25, -0.2) is 4.79 Å². The quantitative estimate of drug-likeness (QED) is 0.0744. The lowest BCUT2D eigenvalue weighted by Gasteiger charge is -2.48. The number of phenolic OH excluding ortho intramolecular Hbond substituents is 2. The highest BCUT2D eigenvalue weighted by atomic mass is 16.8. The summed E-state index contributed by atoms with van der Waals surface area (Å²) in [6, 6.07) is 9.03. The van der Waals surface area contributed by atoms with Crippen LogP contribution in [0.15, 0.2) is 42.5 Å². The second kappa shape index (κ2) is 19.0. The molecule has 3 saturated heterocycles. The van der Waals surface area contributed by atoms with Crippen LogP contribution in [-0.4, -0.2) is 172 Å². The lowest BCUT2D eigenvalue weighted by Crippen LogP contribution is -2.66. The van der Waals surface area contributed by atoms with Crippen LogP contribution < -0.4 is 9.47 Å². The van der Waals surface area contributed by atoms with Gasteiger partial charge in [0.05, 0.1) is 40.1 Å². The van der Waals surface area contributed by atoms with Gasteiger partial charge in [0, 0.05) is 6.08 Å². The van der Waals surface area contributed by atoms with E-state index in [1.807, 2.05) is 0 Å². The number of hydrogen-bond donors (Lipinski definition) is 9. The van der Waals surface area contributed by atoms with Crippen molar-refractivity contribution in [3.63, 3.8) is 0 Å². The average Bonchev–Trinajstić information content (AvgIpc) is 3.17. The molecule has 9 N–H and O–H groups in total. The van der Waals surface area contributed by atoms with Crippen molar-refractivity contribution in [3.05, 3.63) is 53.6 Å². The maximum atomic E-state index is 13.2. The Bertz CT molecular complexity index is 1590. The molecule has 19 nitrogen and oxygen atoms in total. The van der Waals surface area contributed by atoms with Gasteiger partial charge in [-0.3, -0.25) is 0 Å². The second-order valence-corrected chi connectivity index (χ2v) is 13.2. The van der Waals surface area contributed by atoms with Crippen LogP contribution in [0.1, 0.15) is 18.1 Å². The number of rotatable bonds is 14. The molecular weight excluding hydrogens is 736 g/mol. The minimum Gasteiger partial charge on any atom is -0.504 e. The maximum absolute atomic E-state index is 13.2. The molecule has 3 heterocycles. The van der Waals surface area contributed by atoms with Gasteiger partial charge < -0.3 is 88.6 Å². The third kappa shape index (κ3) is 10.0. The number of aliphatic hydroxyl groups is 7. The van der Waals surface area contributed by atoms with E-state index < -0.39 is 105 Å². The smallest absolute Gasteiger partial charge is 0.331 e. The first-order chi connectivity index (χ1) is 26.3. The predicted octanol–water partition coefficient (Wildman–Crippen LogP) is -1.95. The molecule has 0 bridgehead atoms. The average molecular weight is 785 g/mol. The van der Waals surface area contributed by atoms with Crippen molar-refractivity contribution in [3.8, 4) is 23.0 Å². The standard InChI is InChI=1S/C36H48O19/c1-16-26(42)28(44)33(55-34-29(45)27(43)21(40)15-50-34)36(51-16)54-32-30(46)35(49-11-10-18-5-8-22(47-2)20(39)12-18)52-24(14-37)31(32)53-25(41)9-6-17-4-7-19(38)23(13-17)48-3/h4-9,12-13,16,21,24,26-40,42-46H,10-11,14-15H2,1-3H3/b9-6+/t16-,21+,24+,26-,27+,28+,29-,30+,31+,32+,33+,34-,35+,36-/m0/s1. The van der Waals surface area contributed by atoms with Crippen LogP contribution in [-0.2, 0) is 44.4 Å². The SMILES string of the molecule is COc1ccc(CCO[C@@H]2O[C@H](CO)[C@@H](OC(=O)/C=C/c3ccc(O)c(OC)c3)[C@H](O[C@@H]3O[C@@H](C)[C@H](O)[C@@H](O)[C@H]3O[C@@H]3OC[C@@H](O)[C@@H](O)[C@@H]3O)[C@H]2O)cc1O. The molecule has 0 aromatic heterocycles. The van der Waals surface area contributed by atoms with Crippen molar-refractivity contribution in [2.45, 2.75) is 99.4 Å². The fourth-order valence-electron chi connectivity index (χ4n) is 6.26. The minimum absolute atomic E-state index is 0.0830. The number of aromatic hydroxyl groups is 2. The predicted molar refractivity (Wildman–Crippen MR) is 183 cm³/mol. The zero-order chi connectivity index (χ0) is 40.0. The van der Waals surface area contributed by atoms with Gasteiger partial charge in [-0.1, -0.05) is 12.1 Å². The molecule has 19 heteroatoms. The van der Waals surface area contributed by atoms with E-state index in [1.165, 1.54) is 51.5 Å². The first kappa shape index (κ1) is 42.5. The van der Waals surface area contributed by atoms with E-state index in [0.29, 0.717) is 11.1 Å². The molecule has 0 unspecified atom stereocenters. The summed E-state index contributed by atoms with van der Waals surface area (Å²) in [5, 5.41) is 94.5. The molecule has 0 spiro atoms. The van der Waals surface area contributed by atoms with Gasteiger partial charge in [-0.15, -0.1) is 0 Å².